The maximum atomic E-state index is 11.4. The van der Waals surface area contributed by atoms with Gasteiger partial charge in [0.05, 0.1) is 33.3 Å². The van der Waals surface area contributed by atoms with Gasteiger partial charge in [-0.2, -0.15) is 0 Å². The van der Waals surface area contributed by atoms with Crippen LogP contribution in [0.4, 0.5) is 5.95 Å². The molecule has 1 aliphatic heterocycles. The molecule has 1 aliphatic rings. The number of aromatic nitrogens is 2. The SMILES string of the molecule is COC(=O)c1ccc(C[NH+]2CCN(c3ncccn3)CC2)o1. The summed E-state index contributed by atoms with van der Waals surface area (Å²) in [5.74, 6) is 1.41. The Kier molecular flexibility index (Phi) is 4.34. The molecule has 116 valence electrons. The molecule has 0 radical (unpaired) electrons. The predicted molar refractivity (Wildman–Crippen MR) is 78.7 cm³/mol. The highest BCUT2D eigenvalue weighted by Gasteiger charge is 2.23. The van der Waals surface area contributed by atoms with Crippen LogP contribution in [0.25, 0.3) is 0 Å². The van der Waals surface area contributed by atoms with Gasteiger partial charge < -0.3 is 19.0 Å². The van der Waals surface area contributed by atoms with E-state index in [2.05, 4.69) is 19.6 Å². The molecule has 2 aromatic heterocycles. The van der Waals surface area contributed by atoms with Gasteiger partial charge in [-0.3, -0.25) is 0 Å². The number of rotatable bonds is 4. The second-order valence-corrected chi connectivity index (χ2v) is 5.22. The summed E-state index contributed by atoms with van der Waals surface area (Å²) in [6.45, 7) is 4.54. The zero-order valence-corrected chi connectivity index (χ0v) is 12.5. The number of ether oxygens (including phenoxy) is 1. The van der Waals surface area contributed by atoms with Crippen molar-refractivity contribution in [2.45, 2.75) is 6.54 Å². The lowest BCUT2D eigenvalue weighted by Crippen LogP contribution is -3.13. The number of carbonyl (C=O) groups is 1. The van der Waals surface area contributed by atoms with Crippen LogP contribution in [0.3, 0.4) is 0 Å². The highest BCUT2D eigenvalue weighted by atomic mass is 16.5. The molecule has 3 rings (SSSR count). The van der Waals surface area contributed by atoms with Gasteiger partial charge in [-0.15, -0.1) is 0 Å². The van der Waals surface area contributed by atoms with Crippen LogP contribution >= 0.6 is 0 Å². The summed E-state index contributed by atoms with van der Waals surface area (Å²) in [5, 5.41) is 0. The second-order valence-electron chi connectivity index (χ2n) is 5.22. The van der Waals surface area contributed by atoms with Crippen LogP contribution in [0.15, 0.2) is 35.0 Å². The van der Waals surface area contributed by atoms with Gasteiger partial charge >= 0.3 is 5.97 Å². The highest BCUT2D eigenvalue weighted by Crippen LogP contribution is 2.09. The van der Waals surface area contributed by atoms with Crippen LogP contribution in [-0.2, 0) is 11.3 Å². The second kappa shape index (κ2) is 6.57. The number of carbonyl (C=O) groups excluding carboxylic acids is 1. The number of esters is 1. The van der Waals surface area contributed by atoms with E-state index in [0.29, 0.717) is 0 Å². The molecule has 1 fully saturated rings. The first-order valence-electron chi connectivity index (χ1n) is 7.29. The van der Waals surface area contributed by atoms with E-state index in [9.17, 15) is 4.79 Å². The highest BCUT2D eigenvalue weighted by molar-refractivity contribution is 5.86. The molecule has 0 spiro atoms. The van der Waals surface area contributed by atoms with E-state index in [-0.39, 0.29) is 5.76 Å². The first kappa shape index (κ1) is 14.5. The Balaban J connectivity index is 1.54. The quantitative estimate of drug-likeness (QED) is 0.786. The van der Waals surface area contributed by atoms with Crippen LogP contribution in [0, 0.1) is 0 Å². The molecule has 0 bridgehead atoms. The minimum Gasteiger partial charge on any atom is -0.463 e. The fraction of sp³-hybridized carbons (Fsp3) is 0.400. The number of anilines is 1. The average Bonchev–Trinajstić information content (AvgIpc) is 3.04. The van der Waals surface area contributed by atoms with Gasteiger partial charge in [0.15, 0.2) is 5.76 Å². The van der Waals surface area contributed by atoms with Crippen LogP contribution in [0.2, 0.25) is 0 Å². The average molecular weight is 303 g/mol. The summed E-state index contributed by atoms with van der Waals surface area (Å²) in [6, 6.07) is 5.32. The van der Waals surface area contributed by atoms with E-state index >= 15 is 0 Å². The van der Waals surface area contributed by atoms with Crippen molar-refractivity contribution in [1.29, 1.82) is 0 Å². The zero-order valence-electron chi connectivity index (χ0n) is 12.5. The van der Waals surface area contributed by atoms with Crippen LogP contribution < -0.4 is 9.80 Å². The lowest BCUT2D eigenvalue weighted by atomic mass is 10.3. The first-order valence-corrected chi connectivity index (χ1v) is 7.29. The van der Waals surface area contributed by atoms with Crippen molar-refractivity contribution in [1.82, 2.24) is 9.97 Å². The molecule has 1 saturated heterocycles. The number of furan rings is 1. The van der Waals surface area contributed by atoms with Crippen LogP contribution in [-0.4, -0.2) is 49.2 Å². The Bertz CT molecular complexity index is 621. The molecule has 2 aromatic rings. The summed E-state index contributed by atoms with van der Waals surface area (Å²) >= 11 is 0. The fourth-order valence-corrected chi connectivity index (χ4v) is 2.58. The molecule has 0 saturated carbocycles. The number of hydrogen-bond donors (Lipinski definition) is 1. The number of nitrogens with one attached hydrogen (secondary N) is 1. The number of nitrogens with zero attached hydrogens (tertiary/aromatic N) is 3. The molecule has 0 aromatic carbocycles. The van der Waals surface area contributed by atoms with Crippen molar-refractivity contribution >= 4 is 11.9 Å². The zero-order chi connectivity index (χ0) is 15.4. The third-order valence-electron chi connectivity index (χ3n) is 3.78. The third kappa shape index (κ3) is 3.25. The van der Waals surface area contributed by atoms with Gasteiger partial charge in [0.1, 0.15) is 6.54 Å². The molecule has 7 heteroatoms. The van der Waals surface area contributed by atoms with Gasteiger partial charge in [-0.05, 0) is 18.2 Å². The molecule has 1 N–H and O–H groups in total. The van der Waals surface area contributed by atoms with E-state index in [1.54, 1.807) is 18.5 Å². The van der Waals surface area contributed by atoms with Crippen molar-refractivity contribution in [3.8, 4) is 0 Å². The van der Waals surface area contributed by atoms with Crippen molar-refractivity contribution < 1.29 is 18.8 Å². The minimum atomic E-state index is -0.438. The summed E-state index contributed by atoms with van der Waals surface area (Å²) in [6.07, 6.45) is 3.53. The van der Waals surface area contributed by atoms with E-state index in [0.717, 1.165) is 44.4 Å². The van der Waals surface area contributed by atoms with Crippen LogP contribution in [0.5, 0.6) is 0 Å². The number of hydrogen-bond acceptors (Lipinski definition) is 6. The number of piperazine rings is 1. The van der Waals surface area contributed by atoms with Crippen LogP contribution in [0.1, 0.15) is 16.3 Å². The van der Waals surface area contributed by atoms with Gasteiger partial charge in [0, 0.05) is 12.4 Å². The maximum absolute atomic E-state index is 11.4. The molecular weight excluding hydrogens is 284 g/mol. The van der Waals surface area contributed by atoms with Crippen molar-refractivity contribution in [3.63, 3.8) is 0 Å². The smallest absolute Gasteiger partial charge is 0.373 e. The number of methoxy groups -OCH3 is 1. The molecule has 22 heavy (non-hydrogen) atoms. The summed E-state index contributed by atoms with van der Waals surface area (Å²) in [4.78, 5) is 23.5. The van der Waals surface area contributed by atoms with E-state index in [4.69, 9.17) is 4.42 Å². The van der Waals surface area contributed by atoms with Gasteiger partial charge in [-0.25, -0.2) is 14.8 Å². The maximum Gasteiger partial charge on any atom is 0.373 e. The standard InChI is InChI=1S/C15H18N4O3/c1-21-14(20)13-4-3-12(22-13)11-18-7-9-19(10-8-18)15-16-5-2-6-17-15/h2-6H,7-11H2,1H3/p+1. The molecule has 0 aliphatic carbocycles. The molecular formula is C15H19N4O3+. The van der Waals surface area contributed by atoms with Crippen molar-refractivity contribution in [2.24, 2.45) is 0 Å². The van der Waals surface area contributed by atoms with E-state index < -0.39 is 5.97 Å². The molecule has 3 heterocycles. The molecule has 0 atom stereocenters. The summed E-state index contributed by atoms with van der Waals surface area (Å²) < 4.78 is 10.2. The summed E-state index contributed by atoms with van der Waals surface area (Å²) in [5.41, 5.74) is 0. The largest absolute Gasteiger partial charge is 0.463 e. The summed E-state index contributed by atoms with van der Waals surface area (Å²) in [7, 11) is 1.35. The van der Waals surface area contributed by atoms with Gasteiger partial charge in [0.2, 0.25) is 11.7 Å². The topological polar surface area (TPSA) is 72.9 Å². The Morgan fingerprint density at radius 1 is 1.32 bits per heavy atom. The lowest BCUT2D eigenvalue weighted by molar-refractivity contribution is -0.915. The Morgan fingerprint density at radius 2 is 2.05 bits per heavy atom. The van der Waals surface area contributed by atoms with E-state index in [1.165, 1.54) is 12.0 Å². The molecule has 7 nitrogen and oxygen atoms in total. The molecule has 0 unspecified atom stereocenters. The Morgan fingerprint density at radius 3 is 2.73 bits per heavy atom. The van der Waals surface area contributed by atoms with Crippen molar-refractivity contribution in [2.75, 3.05) is 38.2 Å². The third-order valence-corrected chi connectivity index (χ3v) is 3.78. The van der Waals surface area contributed by atoms with E-state index in [1.807, 2.05) is 12.1 Å². The monoisotopic (exact) mass is 303 g/mol. The fourth-order valence-electron chi connectivity index (χ4n) is 2.58. The Labute approximate surface area is 128 Å². The predicted octanol–water partition coefficient (Wildman–Crippen LogP) is -0.239. The normalized spacial score (nSPS) is 15.8. The minimum absolute atomic E-state index is 0.258. The first-order chi connectivity index (χ1) is 10.8. The van der Waals surface area contributed by atoms with Crippen molar-refractivity contribution in [3.05, 3.63) is 42.1 Å². The van der Waals surface area contributed by atoms with Gasteiger partial charge in [0.25, 0.3) is 0 Å². The molecule has 0 amide bonds. The Hall–Kier alpha value is -2.41. The lowest BCUT2D eigenvalue weighted by Gasteiger charge is -2.31. The van der Waals surface area contributed by atoms with Gasteiger partial charge in [-0.1, -0.05) is 0 Å². The number of quaternary nitrogens is 1.